The van der Waals surface area contributed by atoms with Crippen molar-refractivity contribution >= 4 is 45.0 Å². The number of halogens is 1. The van der Waals surface area contributed by atoms with Gasteiger partial charge in [0.1, 0.15) is 0 Å². The van der Waals surface area contributed by atoms with Gasteiger partial charge in [0.15, 0.2) is 0 Å². The molecule has 3 nitrogen and oxygen atoms in total. The zero-order valence-corrected chi connectivity index (χ0v) is 10.8. The number of carbonyl (C=O) groups is 1. The molecule has 0 spiro atoms. The fourth-order valence-electron chi connectivity index (χ4n) is 1.02. The second kappa shape index (κ2) is 6.02. The Morgan fingerprint density at radius 1 is 1.60 bits per heavy atom. The molecule has 3 N–H and O–H groups in total. The summed E-state index contributed by atoms with van der Waals surface area (Å²) < 4.78 is 0.796. The predicted octanol–water partition coefficient (Wildman–Crippen LogP) is 2.72. The summed E-state index contributed by atoms with van der Waals surface area (Å²) in [4.78, 5) is 11.4. The molecule has 0 saturated carbocycles. The van der Waals surface area contributed by atoms with Gasteiger partial charge in [-0.1, -0.05) is 0 Å². The molecule has 0 radical (unpaired) electrons. The van der Waals surface area contributed by atoms with Gasteiger partial charge in [-0.3, -0.25) is 4.79 Å². The highest BCUT2D eigenvalue weighted by Crippen LogP contribution is 2.23. The number of benzene rings is 1. The van der Waals surface area contributed by atoms with Gasteiger partial charge in [-0.25, -0.2) is 0 Å². The highest BCUT2D eigenvalue weighted by atomic mass is 79.9. The second-order valence-electron chi connectivity index (χ2n) is 3.03. The Bertz CT molecular complexity index is 357. The molecule has 0 atom stereocenters. The Labute approximate surface area is 102 Å². The predicted molar refractivity (Wildman–Crippen MR) is 70.2 cm³/mol. The number of nitrogens with two attached hydrogens (primary N) is 1. The second-order valence-corrected chi connectivity index (χ2v) is 4.87. The highest BCUT2D eigenvalue weighted by molar-refractivity contribution is 9.10. The van der Waals surface area contributed by atoms with Crippen LogP contribution < -0.4 is 11.1 Å². The maximum atomic E-state index is 11.4. The molecule has 5 heteroatoms. The van der Waals surface area contributed by atoms with Crippen molar-refractivity contribution in [1.82, 2.24) is 0 Å². The fourth-order valence-corrected chi connectivity index (χ4v) is 1.79. The number of hydrogen-bond acceptors (Lipinski definition) is 3. The maximum absolute atomic E-state index is 11.4. The minimum Gasteiger partial charge on any atom is -0.398 e. The third-order valence-electron chi connectivity index (χ3n) is 1.82. The smallest absolute Gasteiger partial charge is 0.225 e. The van der Waals surface area contributed by atoms with E-state index < -0.39 is 0 Å². The van der Waals surface area contributed by atoms with E-state index >= 15 is 0 Å². The largest absolute Gasteiger partial charge is 0.398 e. The quantitative estimate of drug-likeness (QED) is 0.838. The first-order chi connectivity index (χ1) is 7.13. The van der Waals surface area contributed by atoms with Gasteiger partial charge in [0.05, 0.1) is 0 Å². The minimum atomic E-state index is 0.0287. The molecular weight excluding hydrogens is 276 g/mol. The molecule has 0 saturated heterocycles. The normalized spacial score (nSPS) is 10.0. The third-order valence-corrected chi connectivity index (χ3v) is 3.12. The molecule has 0 unspecified atom stereocenters. The third kappa shape index (κ3) is 4.13. The van der Waals surface area contributed by atoms with Crippen molar-refractivity contribution in [3.8, 4) is 0 Å². The summed E-state index contributed by atoms with van der Waals surface area (Å²) in [6, 6.07) is 5.34. The zero-order chi connectivity index (χ0) is 11.3. The van der Waals surface area contributed by atoms with Crippen molar-refractivity contribution < 1.29 is 4.79 Å². The van der Waals surface area contributed by atoms with Gasteiger partial charge < -0.3 is 11.1 Å². The summed E-state index contributed by atoms with van der Waals surface area (Å²) in [6.07, 6.45) is 2.51. The maximum Gasteiger partial charge on any atom is 0.225 e. The summed E-state index contributed by atoms with van der Waals surface area (Å²) >= 11 is 4.96. The van der Waals surface area contributed by atoms with Crippen LogP contribution in [0.15, 0.2) is 22.7 Å². The Hall–Kier alpha value is -0.680. The van der Waals surface area contributed by atoms with Crippen LogP contribution in [-0.2, 0) is 4.79 Å². The van der Waals surface area contributed by atoms with Gasteiger partial charge in [0.25, 0.3) is 0 Å². The van der Waals surface area contributed by atoms with Gasteiger partial charge in [-0.15, -0.1) is 0 Å². The fraction of sp³-hybridized carbons (Fsp3) is 0.300. The number of anilines is 2. The number of thioether (sulfide) groups is 1. The summed E-state index contributed by atoms with van der Waals surface area (Å²) in [5, 5.41) is 2.81. The lowest BCUT2D eigenvalue weighted by molar-refractivity contribution is -0.115. The zero-order valence-electron chi connectivity index (χ0n) is 8.42. The van der Waals surface area contributed by atoms with Crippen molar-refractivity contribution in [2.45, 2.75) is 6.42 Å². The standard InChI is InChI=1S/C10H13BrN2OS/c1-15-5-4-10(14)13-7-2-3-9(12)8(11)6-7/h2-3,6H,4-5,12H2,1H3,(H,13,14). The number of nitrogen functional groups attached to an aromatic ring is 1. The highest BCUT2D eigenvalue weighted by Gasteiger charge is 2.03. The van der Waals surface area contributed by atoms with Crippen LogP contribution in [-0.4, -0.2) is 17.9 Å². The molecule has 1 aromatic carbocycles. The SMILES string of the molecule is CSCCC(=O)Nc1ccc(N)c(Br)c1. The molecule has 1 aromatic rings. The summed E-state index contributed by atoms with van der Waals surface area (Å²) in [5.74, 6) is 0.864. The lowest BCUT2D eigenvalue weighted by Gasteiger charge is -2.06. The number of nitrogens with one attached hydrogen (secondary N) is 1. The molecule has 0 aliphatic carbocycles. The summed E-state index contributed by atoms with van der Waals surface area (Å²) in [7, 11) is 0. The van der Waals surface area contributed by atoms with Crippen LogP contribution in [0.2, 0.25) is 0 Å². The average molecular weight is 289 g/mol. The lowest BCUT2D eigenvalue weighted by atomic mass is 10.3. The molecule has 0 heterocycles. The van der Waals surface area contributed by atoms with Crippen LogP contribution in [0.1, 0.15) is 6.42 Å². The molecule has 82 valence electrons. The van der Waals surface area contributed by atoms with E-state index in [9.17, 15) is 4.79 Å². The minimum absolute atomic E-state index is 0.0287. The van der Waals surface area contributed by atoms with Gasteiger partial charge in [0, 0.05) is 28.0 Å². The van der Waals surface area contributed by atoms with E-state index in [1.54, 1.807) is 30.0 Å². The molecule has 0 fully saturated rings. The van der Waals surface area contributed by atoms with Crippen LogP contribution in [0.3, 0.4) is 0 Å². The van der Waals surface area contributed by atoms with E-state index in [0.717, 1.165) is 15.9 Å². The summed E-state index contributed by atoms with van der Waals surface area (Å²) in [5.41, 5.74) is 7.07. The Kier molecular flexibility index (Phi) is 4.98. The number of carbonyl (C=O) groups excluding carboxylic acids is 1. The van der Waals surface area contributed by atoms with Crippen molar-refractivity contribution in [3.05, 3.63) is 22.7 Å². The Balaban J connectivity index is 2.57. The first kappa shape index (κ1) is 12.4. The van der Waals surface area contributed by atoms with Crippen LogP contribution in [0.4, 0.5) is 11.4 Å². The average Bonchev–Trinajstić information content (AvgIpc) is 2.20. The number of amides is 1. The van der Waals surface area contributed by atoms with Crippen LogP contribution >= 0.6 is 27.7 Å². The molecular formula is C10H13BrN2OS. The van der Waals surface area contributed by atoms with E-state index in [1.807, 2.05) is 6.26 Å². The van der Waals surface area contributed by atoms with Gasteiger partial charge in [0.2, 0.25) is 5.91 Å². The molecule has 0 aliphatic heterocycles. The topological polar surface area (TPSA) is 55.1 Å². The van der Waals surface area contributed by atoms with Gasteiger partial charge >= 0.3 is 0 Å². The number of hydrogen-bond donors (Lipinski definition) is 2. The van der Waals surface area contributed by atoms with E-state index in [0.29, 0.717) is 12.1 Å². The van der Waals surface area contributed by atoms with E-state index in [2.05, 4.69) is 21.2 Å². The molecule has 15 heavy (non-hydrogen) atoms. The number of rotatable bonds is 4. The molecule has 0 bridgehead atoms. The Morgan fingerprint density at radius 3 is 2.93 bits per heavy atom. The van der Waals surface area contributed by atoms with Crippen molar-refractivity contribution in [1.29, 1.82) is 0 Å². The molecule has 1 rings (SSSR count). The molecule has 0 aliphatic rings. The molecule has 1 amide bonds. The van der Waals surface area contributed by atoms with Crippen LogP contribution in [0, 0.1) is 0 Å². The monoisotopic (exact) mass is 288 g/mol. The van der Waals surface area contributed by atoms with E-state index in [1.165, 1.54) is 0 Å². The van der Waals surface area contributed by atoms with Crippen LogP contribution in [0.5, 0.6) is 0 Å². The van der Waals surface area contributed by atoms with Gasteiger partial charge in [-0.05, 0) is 40.4 Å². The first-order valence-corrected chi connectivity index (χ1v) is 6.66. The Morgan fingerprint density at radius 2 is 2.33 bits per heavy atom. The molecule has 0 aromatic heterocycles. The van der Waals surface area contributed by atoms with E-state index in [4.69, 9.17) is 5.73 Å². The summed E-state index contributed by atoms with van der Waals surface area (Å²) in [6.45, 7) is 0. The lowest BCUT2D eigenvalue weighted by Crippen LogP contribution is -2.12. The van der Waals surface area contributed by atoms with Crippen LogP contribution in [0.25, 0.3) is 0 Å². The van der Waals surface area contributed by atoms with E-state index in [-0.39, 0.29) is 5.91 Å². The van der Waals surface area contributed by atoms with Crippen molar-refractivity contribution in [2.75, 3.05) is 23.1 Å². The first-order valence-electron chi connectivity index (χ1n) is 4.47. The van der Waals surface area contributed by atoms with Gasteiger partial charge in [-0.2, -0.15) is 11.8 Å². The van der Waals surface area contributed by atoms with Crippen molar-refractivity contribution in [3.63, 3.8) is 0 Å². The van der Waals surface area contributed by atoms with Crippen molar-refractivity contribution in [2.24, 2.45) is 0 Å².